The van der Waals surface area contributed by atoms with Crippen LogP contribution in [0.1, 0.15) is 54.1 Å². The molecular weight excluding hydrogens is 416 g/mol. The molecule has 0 fully saturated rings. The molecule has 1 heterocycles. The van der Waals surface area contributed by atoms with E-state index >= 15 is 0 Å². The topological polar surface area (TPSA) is 59.8 Å². The van der Waals surface area contributed by atoms with Gasteiger partial charge in [0.1, 0.15) is 0 Å². The highest BCUT2D eigenvalue weighted by molar-refractivity contribution is 7.98. The summed E-state index contributed by atoms with van der Waals surface area (Å²) in [6.45, 7) is 8.96. The lowest BCUT2D eigenvalue weighted by Gasteiger charge is -2.22. The number of rotatable bonds is 8. The van der Waals surface area contributed by atoms with E-state index in [1.807, 2.05) is 55.5 Å². The monoisotopic (exact) mass is 442 g/mol. The molecule has 3 aromatic rings. The number of nitrogens with one attached hydrogen (secondary N) is 1. The Balaban J connectivity index is 1.78. The second-order valence-corrected chi connectivity index (χ2v) is 8.94. The summed E-state index contributed by atoms with van der Waals surface area (Å²) in [7, 11) is 0. The Hall–Kier alpha value is -2.31. The van der Waals surface area contributed by atoms with Crippen molar-refractivity contribution in [1.82, 2.24) is 20.1 Å². The van der Waals surface area contributed by atoms with Crippen molar-refractivity contribution in [1.29, 1.82) is 0 Å². The van der Waals surface area contributed by atoms with Crippen LogP contribution in [-0.4, -0.2) is 20.7 Å². The zero-order valence-corrected chi connectivity index (χ0v) is 19.3. The summed E-state index contributed by atoms with van der Waals surface area (Å²) in [6.07, 6.45) is 0. The van der Waals surface area contributed by atoms with Gasteiger partial charge in [-0.15, -0.1) is 10.2 Å². The molecule has 1 aromatic heterocycles. The summed E-state index contributed by atoms with van der Waals surface area (Å²) < 4.78 is 2.08. The first-order valence-corrected chi connectivity index (χ1v) is 11.4. The van der Waals surface area contributed by atoms with Crippen LogP contribution in [0, 0.1) is 12.8 Å². The molecule has 0 radical (unpaired) electrons. The third-order valence-electron chi connectivity index (χ3n) is 4.89. The van der Waals surface area contributed by atoms with E-state index < -0.39 is 0 Å². The van der Waals surface area contributed by atoms with E-state index in [4.69, 9.17) is 11.6 Å². The Morgan fingerprint density at radius 2 is 1.77 bits per heavy atom. The minimum Gasteiger partial charge on any atom is -0.342 e. The molecule has 0 bridgehead atoms. The number of hydrogen-bond acceptors (Lipinski definition) is 4. The lowest BCUT2D eigenvalue weighted by atomic mass is 10.0. The fraction of sp³-hybridized carbons (Fsp3) is 0.348. The number of carbonyl (C=O) groups excluding carboxylic acids is 1. The predicted octanol–water partition coefficient (Wildman–Crippen LogP) is 5.68. The highest BCUT2D eigenvalue weighted by Gasteiger charge is 2.26. The Morgan fingerprint density at radius 3 is 2.37 bits per heavy atom. The molecule has 7 heteroatoms. The van der Waals surface area contributed by atoms with Gasteiger partial charge >= 0.3 is 0 Å². The maximum atomic E-state index is 12.8. The second-order valence-electron chi connectivity index (χ2n) is 7.56. The maximum Gasteiger partial charge on any atom is 0.251 e. The highest BCUT2D eigenvalue weighted by atomic mass is 35.5. The minimum atomic E-state index is -0.226. The van der Waals surface area contributed by atoms with Crippen LogP contribution in [0.15, 0.2) is 53.7 Å². The average molecular weight is 443 g/mol. The summed E-state index contributed by atoms with van der Waals surface area (Å²) in [5, 5.41) is 13.6. The molecule has 1 N–H and O–H groups in total. The molecule has 0 aliphatic rings. The molecule has 0 spiro atoms. The maximum absolute atomic E-state index is 12.8. The third-order valence-corrected chi connectivity index (χ3v) is 6.18. The van der Waals surface area contributed by atoms with Gasteiger partial charge in [0, 0.05) is 22.9 Å². The first kappa shape index (κ1) is 22.4. The molecular formula is C23H27ClN4OS. The predicted molar refractivity (Wildman–Crippen MR) is 123 cm³/mol. The SMILES string of the molecule is CCn1c(SCc2ccc(Cl)cc2)nnc1[C@@H](NC(=O)c1ccc(C)cc1)C(C)C. The Kier molecular flexibility index (Phi) is 7.56. The van der Waals surface area contributed by atoms with E-state index in [0.29, 0.717) is 5.56 Å². The molecule has 2 aromatic carbocycles. The number of amides is 1. The largest absolute Gasteiger partial charge is 0.342 e. The molecule has 30 heavy (non-hydrogen) atoms. The molecule has 0 saturated heterocycles. The average Bonchev–Trinajstić information content (AvgIpc) is 3.14. The summed E-state index contributed by atoms with van der Waals surface area (Å²) in [5.41, 5.74) is 2.94. The first-order chi connectivity index (χ1) is 14.4. The van der Waals surface area contributed by atoms with Crippen LogP contribution in [0.4, 0.5) is 0 Å². The Bertz CT molecular complexity index is 983. The molecule has 158 valence electrons. The summed E-state index contributed by atoms with van der Waals surface area (Å²) in [4.78, 5) is 12.8. The normalized spacial score (nSPS) is 12.2. The van der Waals surface area contributed by atoms with Crippen LogP contribution in [0.5, 0.6) is 0 Å². The van der Waals surface area contributed by atoms with Gasteiger partial charge in [0.2, 0.25) is 0 Å². The van der Waals surface area contributed by atoms with Crippen molar-refractivity contribution in [2.75, 3.05) is 0 Å². The lowest BCUT2D eigenvalue weighted by molar-refractivity contribution is 0.0922. The van der Waals surface area contributed by atoms with Crippen LogP contribution in [0.3, 0.4) is 0 Å². The van der Waals surface area contributed by atoms with Crippen molar-refractivity contribution >= 4 is 29.3 Å². The molecule has 1 atom stereocenters. The van der Waals surface area contributed by atoms with Gasteiger partial charge in [-0.1, -0.05) is 67.0 Å². The third kappa shape index (κ3) is 5.43. The number of thioether (sulfide) groups is 1. The van der Waals surface area contributed by atoms with Gasteiger partial charge in [0.15, 0.2) is 11.0 Å². The quantitative estimate of drug-likeness (QED) is 0.456. The van der Waals surface area contributed by atoms with Gasteiger partial charge in [-0.3, -0.25) is 4.79 Å². The molecule has 3 rings (SSSR count). The number of nitrogens with zero attached hydrogens (tertiary/aromatic N) is 3. The number of carbonyl (C=O) groups is 1. The van der Waals surface area contributed by atoms with E-state index in [9.17, 15) is 4.79 Å². The van der Waals surface area contributed by atoms with Crippen LogP contribution in [0.2, 0.25) is 5.02 Å². The zero-order valence-electron chi connectivity index (χ0n) is 17.7. The number of benzene rings is 2. The molecule has 0 saturated carbocycles. The van der Waals surface area contributed by atoms with Crippen LogP contribution in [0.25, 0.3) is 0 Å². The van der Waals surface area contributed by atoms with E-state index in [1.54, 1.807) is 11.8 Å². The van der Waals surface area contributed by atoms with Crippen LogP contribution in [-0.2, 0) is 12.3 Å². The fourth-order valence-corrected chi connectivity index (χ4v) is 4.21. The van der Waals surface area contributed by atoms with E-state index in [2.05, 4.69) is 40.9 Å². The molecule has 0 aliphatic carbocycles. The van der Waals surface area contributed by atoms with E-state index in [-0.39, 0.29) is 17.9 Å². The van der Waals surface area contributed by atoms with Crippen molar-refractivity contribution in [3.8, 4) is 0 Å². The van der Waals surface area contributed by atoms with Gasteiger partial charge < -0.3 is 9.88 Å². The highest BCUT2D eigenvalue weighted by Crippen LogP contribution is 2.27. The Labute approximate surface area is 187 Å². The minimum absolute atomic E-state index is 0.102. The van der Waals surface area contributed by atoms with Gasteiger partial charge in [-0.2, -0.15) is 0 Å². The molecule has 5 nitrogen and oxygen atoms in total. The van der Waals surface area contributed by atoms with Gasteiger partial charge in [-0.25, -0.2) is 0 Å². The van der Waals surface area contributed by atoms with Crippen molar-refractivity contribution in [3.05, 3.63) is 76.1 Å². The second kappa shape index (κ2) is 10.1. The smallest absolute Gasteiger partial charge is 0.251 e. The van der Waals surface area contributed by atoms with Crippen LogP contribution >= 0.6 is 23.4 Å². The summed E-state index contributed by atoms with van der Waals surface area (Å²) >= 11 is 7.60. The summed E-state index contributed by atoms with van der Waals surface area (Å²) in [5.74, 6) is 1.63. The lowest BCUT2D eigenvalue weighted by Crippen LogP contribution is -2.33. The van der Waals surface area contributed by atoms with Crippen molar-refractivity contribution < 1.29 is 4.79 Å². The standard InChI is InChI=1S/C23H27ClN4OS/c1-5-28-21(26-27-23(28)30-14-17-8-12-19(24)13-9-17)20(15(2)3)25-22(29)18-10-6-16(4)7-11-18/h6-13,15,20H,5,14H2,1-4H3,(H,25,29)/t20-/m0/s1. The molecule has 0 unspecified atom stereocenters. The van der Waals surface area contributed by atoms with Gasteiger partial charge in [0.05, 0.1) is 6.04 Å². The molecule has 1 amide bonds. The summed E-state index contributed by atoms with van der Waals surface area (Å²) in [6, 6.07) is 15.2. The fourth-order valence-electron chi connectivity index (χ4n) is 3.12. The van der Waals surface area contributed by atoms with Crippen LogP contribution < -0.4 is 5.32 Å². The van der Waals surface area contributed by atoms with Crippen molar-refractivity contribution in [3.63, 3.8) is 0 Å². The zero-order chi connectivity index (χ0) is 21.7. The van der Waals surface area contributed by atoms with E-state index in [1.165, 1.54) is 5.56 Å². The number of halogens is 1. The Morgan fingerprint density at radius 1 is 1.10 bits per heavy atom. The van der Waals surface area contributed by atoms with E-state index in [0.717, 1.165) is 33.9 Å². The number of hydrogen-bond donors (Lipinski definition) is 1. The van der Waals surface area contributed by atoms with Crippen molar-refractivity contribution in [2.24, 2.45) is 5.92 Å². The number of aryl methyl sites for hydroxylation is 1. The molecule has 0 aliphatic heterocycles. The van der Waals surface area contributed by atoms with Gasteiger partial charge in [0.25, 0.3) is 5.91 Å². The first-order valence-electron chi connectivity index (χ1n) is 10.1. The van der Waals surface area contributed by atoms with Gasteiger partial charge in [-0.05, 0) is 49.6 Å². The number of aromatic nitrogens is 3. The van der Waals surface area contributed by atoms with Crippen molar-refractivity contribution in [2.45, 2.75) is 51.2 Å².